The average Bonchev–Trinajstić information content (AvgIpc) is 2.34. The molecule has 88 valence electrons. The Morgan fingerprint density at radius 2 is 1.71 bits per heavy atom. The highest BCUT2D eigenvalue weighted by Gasteiger charge is 2.02. The zero-order chi connectivity index (χ0) is 12.3. The van der Waals surface area contributed by atoms with Crippen LogP contribution in [0.3, 0.4) is 0 Å². The van der Waals surface area contributed by atoms with Crippen molar-refractivity contribution in [2.75, 3.05) is 0 Å². The van der Waals surface area contributed by atoms with E-state index in [0.29, 0.717) is 6.54 Å². The summed E-state index contributed by atoms with van der Waals surface area (Å²) in [6.07, 6.45) is 0. The van der Waals surface area contributed by atoms with Crippen LogP contribution >= 0.6 is 0 Å². The van der Waals surface area contributed by atoms with Crippen LogP contribution < -0.4 is 10.5 Å². The SMILES string of the molecule is Cc1ccc(Oc2ccc(CN)cc2C)cc1. The van der Waals surface area contributed by atoms with Crippen molar-refractivity contribution in [3.05, 3.63) is 59.2 Å². The average molecular weight is 227 g/mol. The van der Waals surface area contributed by atoms with Gasteiger partial charge in [0.25, 0.3) is 0 Å². The van der Waals surface area contributed by atoms with Crippen LogP contribution in [0.25, 0.3) is 0 Å². The van der Waals surface area contributed by atoms with Gasteiger partial charge in [-0.15, -0.1) is 0 Å². The van der Waals surface area contributed by atoms with E-state index in [9.17, 15) is 0 Å². The Kier molecular flexibility index (Phi) is 3.45. The van der Waals surface area contributed by atoms with Gasteiger partial charge in [-0.1, -0.05) is 29.8 Å². The van der Waals surface area contributed by atoms with E-state index >= 15 is 0 Å². The van der Waals surface area contributed by atoms with Gasteiger partial charge in [0, 0.05) is 6.54 Å². The first-order chi connectivity index (χ1) is 8.19. The minimum atomic E-state index is 0.561. The van der Waals surface area contributed by atoms with Crippen molar-refractivity contribution < 1.29 is 4.74 Å². The van der Waals surface area contributed by atoms with Gasteiger partial charge in [-0.2, -0.15) is 0 Å². The van der Waals surface area contributed by atoms with Crippen LogP contribution in [0.2, 0.25) is 0 Å². The van der Waals surface area contributed by atoms with E-state index in [4.69, 9.17) is 10.5 Å². The van der Waals surface area contributed by atoms with Crippen LogP contribution in [0.4, 0.5) is 0 Å². The molecule has 0 unspecified atom stereocenters. The highest BCUT2D eigenvalue weighted by atomic mass is 16.5. The van der Waals surface area contributed by atoms with Gasteiger partial charge in [0.05, 0.1) is 0 Å². The Balaban J connectivity index is 2.21. The molecule has 2 nitrogen and oxygen atoms in total. The number of hydrogen-bond acceptors (Lipinski definition) is 2. The maximum absolute atomic E-state index is 5.82. The molecule has 2 aromatic carbocycles. The van der Waals surface area contributed by atoms with Gasteiger partial charge < -0.3 is 10.5 Å². The van der Waals surface area contributed by atoms with Crippen LogP contribution in [0.1, 0.15) is 16.7 Å². The van der Waals surface area contributed by atoms with Crippen molar-refractivity contribution in [2.45, 2.75) is 20.4 Å². The molecule has 2 heteroatoms. The number of hydrogen-bond donors (Lipinski definition) is 1. The highest BCUT2D eigenvalue weighted by Crippen LogP contribution is 2.25. The van der Waals surface area contributed by atoms with Crippen molar-refractivity contribution in [3.63, 3.8) is 0 Å². The van der Waals surface area contributed by atoms with Crippen molar-refractivity contribution in [1.82, 2.24) is 0 Å². The largest absolute Gasteiger partial charge is 0.457 e. The number of rotatable bonds is 3. The van der Waals surface area contributed by atoms with E-state index in [2.05, 4.69) is 13.0 Å². The molecule has 0 amide bonds. The number of nitrogens with two attached hydrogens (primary N) is 1. The lowest BCUT2D eigenvalue weighted by Crippen LogP contribution is -1.97. The second kappa shape index (κ2) is 5.02. The molecule has 2 N–H and O–H groups in total. The molecule has 0 heterocycles. The lowest BCUT2D eigenvalue weighted by Gasteiger charge is -2.10. The second-order valence-electron chi connectivity index (χ2n) is 4.22. The molecule has 0 aliphatic rings. The molecule has 0 radical (unpaired) electrons. The maximum atomic E-state index is 5.82. The molecule has 0 aromatic heterocycles. The summed E-state index contributed by atoms with van der Waals surface area (Å²) < 4.78 is 5.82. The van der Waals surface area contributed by atoms with E-state index in [1.54, 1.807) is 0 Å². The molecule has 0 aliphatic heterocycles. The first-order valence-corrected chi connectivity index (χ1v) is 5.73. The molecule has 0 bridgehead atoms. The summed E-state index contributed by atoms with van der Waals surface area (Å²) in [5.74, 6) is 1.74. The lowest BCUT2D eigenvalue weighted by molar-refractivity contribution is 0.478. The molecule has 0 atom stereocenters. The van der Waals surface area contributed by atoms with Crippen LogP contribution in [0.5, 0.6) is 11.5 Å². The fourth-order valence-corrected chi connectivity index (χ4v) is 1.69. The van der Waals surface area contributed by atoms with E-state index < -0.39 is 0 Å². The Morgan fingerprint density at radius 3 is 2.29 bits per heavy atom. The third-order valence-electron chi connectivity index (χ3n) is 2.72. The summed E-state index contributed by atoms with van der Waals surface area (Å²) in [7, 11) is 0. The van der Waals surface area contributed by atoms with Gasteiger partial charge in [0.1, 0.15) is 11.5 Å². The van der Waals surface area contributed by atoms with E-state index in [1.807, 2.05) is 43.3 Å². The second-order valence-corrected chi connectivity index (χ2v) is 4.22. The summed E-state index contributed by atoms with van der Waals surface area (Å²) >= 11 is 0. The normalized spacial score (nSPS) is 10.3. The van der Waals surface area contributed by atoms with E-state index in [1.165, 1.54) is 5.56 Å². The molecular weight excluding hydrogens is 210 g/mol. The Labute approximate surface area is 102 Å². The summed E-state index contributed by atoms with van der Waals surface area (Å²) in [5.41, 5.74) is 9.06. The van der Waals surface area contributed by atoms with Crippen LogP contribution in [0, 0.1) is 13.8 Å². The van der Waals surface area contributed by atoms with Crippen molar-refractivity contribution in [3.8, 4) is 11.5 Å². The quantitative estimate of drug-likeness (QED) is 0.870. The summed E-state index contributed by atoms with van der Waals surface area (Å²) in [6, 6.07) is 14.1. The standard InChI is InChI=1S/C15H17NO/c1-11-3-6-14(7-4-11)17-15-8-5-13(10-16)9-12(15)2/h3-9H,10,16H2,1-2H3. The number of aryl methyl sites for hydroxylation is 2. The van der Waals surface area contributed by atoms with Crippen LogP contribution in [0.15, 0.2) is 42.5 Å². The molecule has 0 aliphatic carbocycles. The van der Waals surface area contributed by atoms with Crippen molar-refractivity contribution >= 4 is 0 Å². The fraction of sp³-hybridized carbons (Fsp3) is 0.200. The van der Waals surface area contributed by atoms with Gasteiger partial charge in [-0.3, -0.25) is 0 Å². The summed E-state index contributed by atoms with van der Waals surface area (Å²) in [5, 5.41) is 0. The third kappa shape index (κ3) is 2.86. The van der Waals surface area contributed by atoms with E-state index in [-0.39, 0.29) is 0 Å². The lowest BCUT2D eigenvalue weighted by atomic mass is 10.1. The molecule has 2 aromatic rings. The molecule has 0 fully saturated rings. The Hall–Kier alpha value is -1.80. The number of benzene rings is 2. The molecule has 0 saturated carbocycles. The highest BCUT2D eigenvalue weighted by molar-refractivity contribution is 5.40. The zero-order valence-corrected chi connectivity index (χ0v) is 10.2. The summed E-state index contributed by atoms with van der Waals surface area (Å²) in [4.78, 5) is 0. The van der Waals surface area contributed by atoms with Gasteiger partial charge in [0.2, 0.25) is 0 Å². The van der Waals surface area contributed by atoms with E-state index in [0.717, 1.165) is 22.6 Å². The molecule has 0 saturated heterocycles. The van der Waals surface area contributed by atoms with Gasteiger partial charge in [-0.05, 0) is 43.2 Å². The first kappa shape index (κ1) is 11.7. The van der Waals surface area contributed by atoms with Gasteiger partial charge in [0.15, 0.2) is 0 Å². The predicted molar refractivity (Wildman–Crippen MR) is 70.3 cm³/mol. The smallest absolute Gasteiger partial charge is 0.130 e. The topological polar surface area (TPSA) is 35.2 Å². The van der Waals surface area contributed by atoms with Crippen molar-refractivity contribution in [1.29, 1.82) is 0 Å². The third-order valence-corrected chi connectivity index (χ3v) is 2.72. The first-order valence-electron chi connectivity index (χ1n) is 5.73. The Morgan fingerprint density at radius 1 is 1.00 bits per heavy atom. The molecular formula is C15H17NO. The minimum Gasteiger partial charge on any atom is -0.457 e. The molecule has 2 rings (SSSR count). The maximum Gasteiger partial charge on any atom is 0.130 e. The molecule has 0 spiro atoms. The van der Waals surface area contributed by atoms with Gasteiger partial charge in [-0.25, -0.2) is 0 Å². The summed E-state index contributed by atoms with van der Waals surface area (Å²) in [6.45, 7) is 4.65. The van der Waals surface area contributed by atoms with Crippen molar-refractivity contribution in [2.24, 2.45) is 5.73 Å². The zero-order valence-electron chi connectivity index (χ0n) is 10.2. The minimum absolute atomic E-state index is 0.561. The van der Waals surface area contributed by atoms with Crippen LogP contribution in [-0.4, -0.2) is 0 Å². The predicted octanol–water partition coefficient (Wildman–Crippen LogP) is 3.55. The van der Waals surface area contributed by atoms with Crippen LogP contribution in [-0.2, 0) is 6.54 Å². The monoisotopic (exact) mass is 227 g/mol. The fourth-order valence-electron chi connectivity index (χ4n) is 1.69. The molecule has 17 heavy (non-hydrogen) atoms. The number of ether oxygens (including phenoxy) is 1. The Bertz CT molecular complexity index is 503. The van der Waals surface area contributed by atoms with Gasteiger partial charge >= 0.3 is 0 Å².